The Morgan fingerprint density at radius 2 is 2.04 bits per heavy atom. The monoisotopic (exact) mass is 350 g/mol. The van der Waals surface area contributed by atoms with Crippen LogP contribution in [0.5, 0.6) is 11.5 Å². The van der Waals surface area contributed by atoms with Crippen LogP contribution in [0.3, 0.4) is 0 Å². The molecule has 0 aliphatic carbocycles. The lowest BCUT2D eigenvalue weighted by molar-refractivity contribution is -0.128. The Labute approximate surface area is 142 Å². The molecule has 1 aromatic carbocycles. The molecule has 0 atom stereocenters. The minimum atomic E-state index is -0.575. The quantitative estimate of drug-likeness (QED) is 0.390. The van der Waals surface area contributed by atoms with Gasteiger partial charge in [0.2, 0.25) is 6.79 Å². The number of rotatable bonds is 3. The van der Waals surface area contributed by atoms with Crippen molar-refractivity contribution < 1.29 is 19.1 Å². The first-order chi connectivity index (χ1) is 11.0. The normalized spacial score (nSPS) is 18.4. The molecular formula is C15H11ClN2O4S. The summed E-state index contributed by atoms with van der Waals surface area (Å²) < 4.78 is 10.5. The van der Waals surface area contributed by atoms with Gasteiger partial charge in [-0.15, -0.1) is 6.58 Å². The van der Waals surface area contributed by atoms with Gasteiger partial charge in [0.1, 0.15) is 5.57 Å². The molecule has 1 N–H and O–H groups in total. The number of fused-ring (bicyclic) bond motifs is 1. The molecule has 3 rings (SSSR count). The van der Waals surface area contributed by atoms with Crippen molar-refractivity contribution in [1.29, 1.82) is 0 Å². The molecule has 0 unspecified atom stereocenters. The van der Waals surface area contributed by atoms with E-state index in [0.717, 1.165) is 0 Å². The number of benzene rings is 1. The van der Waals surface area contributed by atoms with Crippen LogP contribution >= 0.6 is 23.8 Å². The molecule has 0 bridgehead atoms. The number of carbonyl (C=O) groups excluding carboxylic acids is 2. The van der Waals surface area contributed by atoms with Crippen molar-refractivity contribution in [2.45, 2.75) is 0 Å². The van der Waals surface area contributed by atoms with Gasteiger partial charge in [-0.05, 0) is 29.9 Å². The van der Waals surface area contributed by atoms with Crippen LogP contribution in [0.1, 0.15) is 5.56 Å². The van der Waals surface area contributed by atoms with Gasteiger partial charge in [-0.25, -0.2) is 0 Å². The molecule has 118 valence electrons. The highest BCUT2D eigenvalue weighted by Crippen LogP contribution is 2.37. The second-order valence-electron chi connectivity index (χ2n) is 4.75. The topological polar surface area (TPSA) is 67.9 Å². The van der Waals surface area contributed by atoms with Gasteiger partial charge >= 0.3 is 0 Å². The van der Waals surface area contributed by atoms with E-state index in [4.69, 9.17) is 33.3 Å². The van der Waals surface area contributed by atoms with Gasteiger partial charge in [0.15, 0.2) is 16.6 Å². The lowest BCUT2D eigenvalue weighted by Gasteiger charge is -2.27. The molecule has 0 aromatic heterocycles. The van der Waals surface area contributed by atoms with Crippen LogP contribution in [0.4, 0.5) is 0 Å². The summed E-state index contributed by atoms with van der Waals surface area (Å²) in [6, 6.07) is 3.19. The summed E-state index contributed by atoms with van der Waals surface area (Å²) in [4.78, 5) is 25.8. The SMILES string of the molecule is C=CCN1C(=O)/C(=C/c2cc3c(cc2Cl)OCO3)C(=O)NC1=S. The smallest absolute Gasteiger partial charge is 0.265 e. The number of hydrogen-bond donors (Lipinski definition) is 1. The summed E-state index contributed by atoms with van der Waals surface area (Å²) in [5.41, 5.74) is 0.405. The van der Waals surface area contributed by atoms with Crippen LogP contribution in [0.15, 0.2) is 30.4 Å². The molecule has 6 nitrogen and oxygen atoms in total. The molecule has 1 aromatic rings. The molecule has 23 heavy (non-hydrogen) atoms. The van der Waals surface area contributed by atoms with E-state index in [9.17, 15) is 9.59 Å². The first-order valence-corrected chi connectivity index (χ1v) is 7.39. The Morgan fingerprint density at radius 3 is 2.74 bits per heavy atom. The van der Waals surface area contributed by atoms with Gasteiger partial charge in [-0.2, -0.15) is 0 Å². The van der Waals surface area contributed by atoms with Crippen molar-refractivity contribution in [2.24, 2.45) is 0 Å². The Hall–Kier alpha value is -2.38. The predicted molar refractivity (Wildman–Crippen MR) is 88.2 cm³/mol. The highest BCUT2D eigenvalue weighted by Gasteiger charge is 2.33. The third kappa shape index (κ3) is 2.80. The number of carbonyl (C=O) groups is 2. The van der Waals surface area contributed by atoms with Gasteiger partial charge in [0.25, 0.3) is 11.8 Å². The molecule has 0 spiro atoms. The Balaban J connectivity index is 2.01. The summed E-state index contributed by atoms with van der Waals surface area (Å²) >= 11 is 11.2. The molecule has 0 saturated carbocycles. The van der Waals surface area contributed by atoms with Crippen LogP contribution in [-0.2, 0) is 9.59 Å². The van der Waals surface area contributed by atoms with E-state index in [1.807, 2.05) is 0 Å². The Morgan fingerprint density at radius 1 is 1.35 bits per heavy atom. The zero-order valence-corrected chi connectivity index (χ0v) is 13.4. The lowest BCUT2D eigenvalue weighted by Crippen LogP contribution is -2.53. The number of thiocarbonyl (C=S) groups is 1. The third-order valence-electron chi connectivity index (χ3n) is 3.29. The molecule has 1 saturated heterocycles. The fraction of sp³-hybridized carbons (Fsp3) is 0.133. The summed E-state index contributed by atoms with van der Waals surface area (Å²) in [6.07, 6.45) is 2.92. The molecular weight excluding hydrogens is 340 g/mol. The van der Waals surface area contributed by atoms with Gasteiger partial charge in [-0.1, -0.05) is 17.7 Å². The Bertz CT molecular complexity index is 775. The van der Waals surface area contributed by atoms with E-state index in [2.05, 4.69) is 11.9 Å². The highest BCUT2D eigenvalue weighted by molar-refractivity contribution is 7.80. The maximum absolute atomic E-state index is 12.4. The van der Waals surface area contributed by atoms with E-state index < -0.39 is 11.8 Å². The van der Waals surface area contributed by atoms with Gasteiger partial charge < -0.3 is 9.47 Å². The molecule has 1 fully saturated rings. The predicted octanol–water partition coefficient (Wildman–Crippen LogP) is 1.88. The van der Waals surface area contributed by atoms with Crippen LogP contribution in [0.2, 0.25) is 5.02 Å². The molecule has 2 amide bonds. The zero-order chi connectivity index (χ0) is 16.6. The number of halogens is 1. The van der Waals surface area contributed by atoms with E-state index in [-0.39, 0.29) is 24.0 Å². The van der Waals surface area contributed by atoms with E-state index >= 15 is 0 Å². The van der Waals surface area contributed by atoms with E-state index in [1.165, 1.54) is 17.1 Å². The maximum Gasteiger partial charge on any atom is 0.265 e. The van der Waals surface area contributed by atoms with E-state index in [1.54, 1.807) is 12.1 Å². The lowest BCUT2D eigenvalue weighted by atomic mass is 10.1. The fourth-order valence-corrected chi connectivity index (χ4v) is 2.65. The summed E-state index contributed by atoms with van der Waals surface area (Å²) in [5, 5.41) is 2.86. The zero-order valence-electron chi connectivity index (χ0n) is 11.8. The highest BCUT2D eigenvalue weighted by atomic mass is 35.5. The number of hydrogen-bond acceptors (Lipinski definition) is 5. The number of nitrogens with zero attached hydrogens (tertiary/aromatic N) is 1. The van der Waals surface area contributed by atoms with Crippen LogP contribution in [0, 0.1) is 0 Å². The third-order valence-corrected chi connectivity index (χ3v) is 3.94. The number of nitrogens with one attached hydrogen (secondary N) is 1. The van der Waals surface area contributed by atoms with Crippen LogP contribution in [-0.4, -0.2) is 35.2 Å². The van der Waals surface area contributed by atoms with Crippen molar-refractivity contribution in [3.8, 4) is 11.5 Å². The first kappa shape index (κ1) is 15.5. The maximum atomic E-state index is 12.4. The average Bonchev–Trinajstić information content (AvgIpc) is 2.94. The summed E-state index contributed by atoms with van der Waals surface area (Å²) in [7, 11) is 0. The van der Waals surface area contributed by atoms with Gasteiger partial charge in [0.05, 0.1) is 5.02 Å². The molecule has 0 radical (unpaired) electrons. The minimum absolute atomic E-state index is 0.0498. The van der Waals surface area contributed by atoms with Crippen molar-refractivity contribution in [3.05, 3.63) is 40.9 Å². The first-order valence-electron chi connectivity index (χ1n) is 6.60. The van der Waals surface area contributed by atoms with Crippen LogP contribution < -0.4 is 14.8 Å². The molecule has 2 heterocycles. The van der Waals surface area contributed by atoms with Crippen molar-refractivity contribution in [2.75, 3.05) is 13.3 Å². The second-order valence-corrected chi connectivity index (χ2v) is 5.54. The summed E-state index contributed by atoms with van der Waals surface area (Å²) in [5.74, 6) is -0.0594. The number of ether oxygens (including phenoxy) is 2. The van der Waals surface area contributed by atoms with Crippen molar-refractivity contribution in [3.63, 3.8) is 0 Å². The molecule has 8 heteroatoms. The van der Waals surface area contributed by atoms with Crippen molar-refractivity contribution in [1.82, 2.24) is 10.2 Å². The molecule has 2 aliphatic heterocycles. The largest absolute Gasteiger partial charge is 0.454 e. The minimum Gasteiger partial charge on any atom is -0.454 e. The molecule has 2 aliphatic rings. The summed E-state index contributed by atoms with van der Waals surface area (Å²) in [6.45, 7) is 3.87. The van der Waals surface area contributed by atoms with Crippen LogP contribution in [0.25, 0.3) is 6.08 Å². The average molecular weight is 351 g/mol. The van der Waals surface area contributed by atoms with Gasteiger partial charge in [-0.3, -0.25) is 19.8 Å². The Kier molecular flexibility index (Phi) is 4.06. The van der Waals surface area contributed by atoms with Crippen molar-refractivity contribution >= 4 is 46.8 Å². The standard InChI is InChI=1S/C15H11ClN2O4S/c1-2-3-18-14(20)9(13(19)17-15(18)23)4-8-5-11-12(6-10(8)16)22-7-21-11/h2,4-6H,1,3,7H2,(H,17,19,23)/b9-4+. The fourth-order valence-electron chi connectivity index (χ4n) is 2.19. The van der Waals surface area contributed by atoms with E-state index in [0.29, 0.717) is 22.1 Å². The van der Waals surface area contributed by atoms with Gasteiger partial charge in [0, 0.05) is 12.6 Å². The second kappa shape index (κ2) is 6.02. The number of amides is 2.